The molecule has 1 aliphatic rings. The molecule has 0 N–H and O–H groups in total. The molecular formula is C29H28N2O. The molecule has 32 heavy (non-hydrogen) atoms. The summed E-state index contributed by atoms with van der Waals surface area (Å²) in [5.41, 5.74) is 1.47. The molecule has 0 fully saturated rings. The maximum atomic E-state index is 13.0. The summed E-state index contributed by atoms with van der Waals surface area (Å²) in [6, 6.07) is 20.2. The van der Waals surface area contributed by atoms with E-state index in [1.54, 1.807) is 6.08 Å². The van der Waals surface area contributed by atoms with Gasteiger partial charge in [-0.25, -0.2) is 22.8 Å². The third-order valence-electron chi connectivity index (χ3n) is 6.28. The molecule has 3 heteroatoms. The summed E-state index contributed by atoms with van der Waals surface area (Å²) in [5.74, 6) is -0.0534. The SMILES string of the molecule is [C-]#[N+]C(CC=C)([N+]#[C-])C1=C([C@@H](/C=C/c2ccccc2)c2ccccc2)CCC(=O)C1(C)C. The number of rotatable bonds is 7. The minimum Gasteiger partial charge on any atom is -0.299 e. The van der Waals surface area contributed by atoms with E-state index in [0.29, 0.717) is 18.4 Å². The summed E-state index contributed by atoms with van der Waals surface area (Å²) in [4.78, 5) is 20.6. The lowest BCUT2D eigenvalue weighted by molar-refractivity contribution is -0.126. The van der Waals surface area contributed by atoms with Crippen LogP contribution in [0.5, 0.6) is 0 Å². The van der Waals surface area contributed by atoms with Crippen molar-refractivity contribution in [1.29, 1.82) is 0 Å². The maximum Gasteiger partial charge on any atom is 0.510 e. The molecule has 2 aromatic rings. The molecule has 160 valence electrons. The Morgan fingerprint density at radius 3 is 2.19 bits per heavy atom. The molecule has 0 bridgehead atoms. The normalized spacial score (nSPS) is 16.9. The second-order valence-corrected chi connectivity index (χ2v) is 8.64. The zero-order valence-corrected chi connectivity index (χ0v) is 18.7. The topological polar surface area (TPSA) is 25.8 Å². The Balaban J connectivity index is 2.31. The average Bonchev–Trinajstić information content (AvgIpc) is 2.82. The fourth-order valence-corrected chi connectivity index (χ4v) is 4.69. The van der Waals surface area contributed by atoms with Gasteiger partial charge in [-0.2, -0.15) is 0 Å². The van der Waals surface area contributed by atoms with Gasteiger partial charge in [0.25, 0.3) is 0 Å². The highest BCUT2D eigenvalue weighted by Crippen LogP contribution is 2.51. The fraction of sp³-hybridized carbons (Fsp3) is 0.276. The largest absolute Gasteiger partial charge is 0.510 e. The number of ketones is 1. The van der Waals surface area contributed by atoms with Gasteiger partial charge in [0.1, 0.15) is 17.8 Å². The number of benzene rings is 2. The Morgan fingerprint density at radius 1 is 1.03 bits per heavy atom. The second kappa shape index (κ2) is 9.63. The van der Waals surface area contributed by atoms with Crippen LogP contribution in [0.15, 0.2) is 90.5 Å². The van der Waals surface area contributed by atoms with E-state index in [2.05, 4.69) is 40.6 Å². The Hall–Kier alpha value is -3.69. The Morgan fingerprint density at radius 2 is 1.62 bits per heavy atom. The van der Waals surface area contributed by atoms with Crippen LogP contribution in [0.2, 0.25) is 0 Å². The predicted molar refractivity (Wildman–Crippen MR) is 130 cm³/mol. The van der Waals surface area contributed by atoms with Crippen LogP contribution in [-0.4, -0.2) is 11.4 Å². The van der Waals surface area contributed by atoms with E-state index < -0.39 is 11.1 Å². The zero-order chi connectivity index (χ0) is 23.2. The minimum absolute atomic E-state index is 0.0795. The van der Waals surface area contributed by atoms with Gasteiger partial charge < -0.3 is 0 Å². The molecule has 0 aromatic heterocycles. The number of hydrogen-bond donors (Lipinski definition) is 0. The molecule has 3 nitrogen and oxygen atoms in total. The van der Waals surface area contributed by atoms with Crippen molar-refractivity contribution in [2.75, 3.05) is 0 Å². The summed E-state index contributed by atoms with van der Waals surface area (Å²) in [6.07, 6.45) is 6.98. The molecule has 0 saturated heterocycles. The van der Waals surface area contributed by atoms with Crippen LogP contribution in [-0.2, 0) is 4.79 Å². The number of hydrogen-bond acceptors (Lipinski definition) is 1. The number of nitrogens with zero attached hydrogens (tertiary/aromatic N) is 2. The maximum absolute atomic E-state index is 13.0. The highest BCUT2D eigenvalue weighted by Gasteiger charge is 2.58. The van der Waals surface area contributed by atoms with Crippen molar-refractivity contribution in [1.82, 2.24) is 0 Å². The molecule has 0 saturated carbocycles. The Kier molecular flexibility index (Phi) is 6.92. The lowest BCUT2D eigenvalue weighted by Gasteiger charge is -2.36. The van der Waals surface area contributed by atoms with Crippen LogP contribution < -0.4 is 0 Å². The molecule has 0 radical (unpaired) electrons. The van der Waals surface area contributed by atoms with E-state index in [1.165, 1.54) is 0 Å². The molecule has 0 spiro atoms. The van der Waals surface area contributed by atoms with Crippen molar-refractivity contribution in [2.45, 2.75) is 44.7 Å². The molecule has 0 unspecified atom stereocenters. The van der Waals surface area contributed by atoms with Gasteiger partial charge in [0.05, 0.1) is 5.41 Å². The predicted octanol–water partition coefficient (Wildman–Crippen LogP) is 7.28. The number of Topliss-reactive ketones (excluding diaryl/α,β-unsaturated/α-hetero) is 1. The van der Waals surface area contributed by atoms with Gasteiger partial charge in [0, 0.05) is 12.3 Å². The van der Waals surface area contributed by atoms with Crippen LogP contribution in [0, 0.1) is 18.6 Å². The van der Waals surface area contributed by atoms with E-state index >= 15 is 0 Å². The average molecular weight is 421 g/mol. The fourth-order valence-electron chi connectivity index (χ4n) is 4.69. The first-order chi connectivity index (χ1) is 15.4. The van der Waals surface area contributed by atoms with Crippen LogP contribution >= 0.6 is 0 Å². The first kappa shape index (κ1) is 23.0. The Bertz CT molecular complexity index is 1110. The van der Waals surface area contributed by atoms with Gasteiger partial charge in [0.2, 0.25) is 0 Å². The lowest BCUT2D eigenvalue weighted by Crippen LogP contribution is -2.42. The molecule has 0 amide bonds. The molecular weight excluding hydrogens is 392 g/mol. The van der Waals surface area contributed by atoms with Gasteiger partial charge in [-0.05, 0) is 37.0 Å². The number of allylic oxidation sites excluding steroid dienone is 2. The van der Waals surface area contributed by atoms with Gasteiger partial charge in [0.15, 0.2) is 0 Å². The summed E-state index contributed by atoms with van der Waals surface area (Å²) < 4.78 is 0. The van der Waals surface area contributed by atoms with Crippen molar-refractivity contribution >= 4 is 11.9 Å². The van der Waals surface area contributed by atoms with Gasteiger partial charge >= 0.3 is 5.66 Å². The lowest BCUT2D eigenvalue weighted by atomic mass is 9.63. The smallest absolute Gasteiger partial charge is 0.299 e. The van der Waals surface area contributed by atoms with Crippen molar-refractivity contribution in [3.8, 4) is 0 Å². The molecule has 0 aliphatic heterocycles. The van der Waals surface area contributed by atoms with Gasteiger partial charge in [-0.1, -0.05) is 78.9 Å². The second-order valence-electron chi connectivity index (χ2n) is 8.64. The van der Waals surface area contributed by atoms with Crippen molar-refractivity contribution in [2.24, 2.45) is 5.41 Å². The summed E-state index contributed by atoms with van der Waals surface area (Å²) in [5, 5.41) is 0. The third-order valence-corrected chi connectivity index (χ3v) is 6.28. The highest BCUT2D eigenvalue weighted by atomic mass is 16.1. The van der Waals surface area contributed by atoms with E-state index in [-0.39, 0.29) is 18.1 Å². The van der Waals surface area contributed by atoms with Crippen LogP contribution in [0.3, 0.4) is 0 Å². The van der Waals surface area contributed by atoms with Crippen LogP contribution in [0.1, 0.15) is 50.2 Å². The quantitative estimate of drug-likeness (QED) is 0.341. The van der Waals surface area contributed by atoms with E-state index in [1.807, 2.05) is 62.4 Å². The molecule has 0 heterocycles. The summed E-state index contributed by atoms with van der Waals surface area (Å²) in [7, 11) is 0. The molecule has 1 aliphatic carbocycles. The van der Waals surface area contributed by atoms with E-state index in [9.17, 15) is 4.79 Å². The first-order valence-corrected chi connectivity index (χ1v) is 10.8. The van der Waals surface area contributed by atoms with Crippen molar-refractivity contribution < 1.29 is 4.79 Å². The summed E-state index contributed by atoms with van der Waals surface area (Å²) >= 11 is 0. The molecule has 3 rings (SSSR count). The van der Waals surface area contributed by atoms with E-state index in [4.69, 9.17) is 13.1 Å². The number of carbonyl (C=O) groups is 1. The Labute approximate surface area is 191 Å². The van der Waals surface area contributed by atoms with Crippen molar-refractivity contribution in [3.05, 3.63) is 125 Å². The molecule has 2 aromatic carbocycles. The standard InChI is InChI=1S/C29H28N2O/c1-6-21-29(30-4,31-5)27-25(19-20-26(32)28(27,2)3)24(23-15-11-8-12-16-23)18-17-22-13-9-7-10-14-22/h6-18,24H,1,19-21H2,2-3H3/b18-17+/t24-/m0/s1. The van der Waals surface area contributed by atoms with Gasteiger partial charge in [-0.15, -0.1) is 6.58 Å². The van der Waals surface area contributed by atoms with Crippen molar-refractivity contribution in [3.63, 3.8) is 0 Å². The van der Waals surface area contributed by atoms with Crippen LogP contribution in [0.25, 0.3) is 15.8 Å². The highest BCUT2D eigenvalue weighted by molar-refractivity contribution is 5.90. The third kappa shape index (κ3) is 4.34. The van der Waals surface area contributed by atoms with Crippen LogP contribution in [0.4, 0.5) is 0 Å². The van der Waals surface area contributed by atoms with E-state index in [0.717, 1.165) is 16.7 Å². The molecule has 1 atom stereocenters. The first-order valence-electron chi connectivity index (χ1n) is 10.8. The minimum atomic E-state index is -1.45. The summed E-state index contributed by atoms with van der Waals surface area (Å²) in [6.45, 7) is 23.4. The van der Waals surface area contributed by atoms with Gasteiger partial charge in [-0.3, -0.25) is 4.79 Å². The monoisotopic (exact) mass is 420 g/mol. The number of carbonyl (C=O) groups excluding carboxylic acids is 1. The zero-order valence-electron chi connectivity index (χ0n) is 18.7.